The number of aliphatic carboxylic acids is 2. The molecular weight excluding hydrogens is 1010 g/mol. The fraction of sp³-hybridized carbons (Fsp3) is 0.884. The van der Waals surface area contributed by atoms with Gasteiger partial charge in [0.15, 0.2) is 49.8 Å². The molecule has 0 radical (unpaired) electrons. The van der Waals surface area contributed by atoms with E-state index >= 15 is 0 Å². The largest absolute Gasteiger partial charge is 0.479 e. The monoisotopic (exact) mass is 1080 g/mol. The number of hydrogen-bond donors (Lipinski definition) is 7. The Balaban J connectivity index is 1.45. The van der Waals surface area contributed by atoms with Gasteiger partial charge >= 0.3 is 29.8 Å². The summed E-state index contributed by atoms with van der Waals surface area (Å²) in [5.74, 6) is -5.85. The third kappa shape index (κ3) is 13.8. The molecule has 0 aromatic carbocycles. The number of methoxy groups -OCH3 is 7. The minimum atomic E-state index is -2.14. The topological polar surface area (TPSA) is 408 Å². The van der Waals surface area contributed by atoms with Gasteiger partial charge in [0.2, 0.25) is 0 Å². The molecule has 5 aliphatic rings. The molecule has 0 aliphatic carbocycles. The Hall–Kier alpha value is -3.49. The highest BCUT2D eigenvalue weighted by molar-refractivity contribution is 5.74. The molecular formula is C43H69NO30. The standard InChI is InChI=1S/C43H69NO30/c1-14(46)63-12-18-25(56-4)27(57-5)20(44)39(67-18)71-31-29(58-6)36(61-9)43(74-33(31)37(52)53)70-26-19(13-64-15(2)47)68-41(23(51)28(26)65-16(3)48)72-32-30(59-7)35(60-8)42(73-34(32)38(54)55)69-24-17(11-45)66-40(62-10)22(50)21(24)49/h17-36,39-43,45,49-51H,11-13,44H2,1-10H3,(H,52,53)(H,54,55)/t17?,18?,19-,20?,21+,22?,23?,24+,25+,26+,27+,28?,29-,30?,31-,32-,33?,34+,35?,36?,39-,40-,41+,42-,43+/m0/s1. The smallest absolute Gasteiger partial charge is 0.335 e. The number of hydrogen-bond acceptors (Lipinski definition) is 29. The van der Waals surface area contributed by atoms with E-state index in [9.17, 15) is 54.6 Å². The zero-order valence-electron chi connectivity index (χ0n) is 42.1. The average molecular weight is 1080 g/mol. The van der Waals surface area contributed by atoms with E-state index in [-0.39, 0.29) is 6.61 Å². The highest BCUT2D eigenvalue weighted by Crippen LogP contribution is 2.39. The Kier molecular flexibility index (Phi) is 23.0. The van der Waals surface area contributed by atoms with E-state index < -0.39 is 197 Å². The number of carboxylic acids is 2. The van der Waals surface area contributed by atoms with E-state index in [0.29, 0.717) is 0 Å². The Morgan fingerprint density at radius 3 is 1.26 bits per heavy atom. The van der Waals surface area contributed by atoms with Crippen molar-refractivity contribution >= 4 is 29.8 Å². The number of esters is 3. The summed E-state index contributed by atoms with van der Waals surface area (Å²) in [5.41, 5.74) is 6.52. The maximum Gasteiger partial charge on any atom is 0.335 e. The Morgan fingerprint density at radius 1 is 0.419 bits per heavy atom. The van der Waals surface area contributed by atoms with E-state index in [1.54, 1.807) is 0 Å². The fourth-order valence-electron chi connectivity index (χ4n) is 9.39. The summed E-state index contributed by atoms with van der Waals surface area (Å²) in [5, 5.41) is 64.8. The van der Waals surface area contributed by atoms with Crippen molar-refractivity contribution < 1.29 is 145 Å². The van der Waals surface area contributed by atoms with Crippen LogP contribution in [0.15, 0.2) is 0 Å². The molecule has 0 aromatic heterocycles. The molecule has 0 spiro atoms. The van der Waals surface area contributed by atoms with Crippen LogP contribution in [0.25, 0.3) is 0 Å². The van der Waals surface area contributed by atoms with Gasteiger partial charge in [0.1, 0.15) is 111 Å². The summed E-state index contributed by atoms with van der Waals surface area (Å²) in [7, 11) is 8.54. The third-order valence-electron chi connectivity index (χ3n) is 12.8. The van der Waals surface area contributed by atoms with Crippen molar-refractivity contribution in [3.8, 4) is 0 Å². The molecule has 0 aromatic rings. The van der Waals surface area contributed by atoms with Crippen LogP contribution in [0.5, 0.6) is 0 Å². The van der Waals surface area contributed by atoms with Crippen molar-refractivity contribution in [3.05, 3.63) is 0 Å². The Morgan fingerprint density at radius 2 is 0.838 bits per heavy atom. The van der Waals surface area contributed by atoms with E-state index in [4.69, 9.17) is 95.7 Å². The Bertz CT molecular complexity index is 1830. The molecule has 74 heavy (non-hydrogen) atoms. The highest BCUT2D eigenvalue weighted by atomic mass is 16.8. The van der Waals surface area contributed by atoms with Crippen molar-refractivity contribution in [2.24, 2.45) is 5.73 Å². The second-order valence-electron chi connectivity index (χ2n) is 17.4. The van der Waals surface area contributed by atoms with E-state index in [1.807, 2.05) is 0 Å². The van der Waals surface area contributed by atoms with E-state index in [0.717, 1.165) is 28.1 Å². The van der Waals surface area contributed by atoms with Crippen molar-refractivity contribution in [3.63, 3.8) is 0 Å². The van der Waals surface area contributed by atoms with Gasteiger partial charge in [-0.25, -0.2) is 9.59 Å². The lowest BCUT2D eigenvalue weighted by atomic mass is 9.94. The fourth-order valence-corrected chi connectivity index (χ4v) is 9.39. The molecule has 5 aliphatic heterocycles. The van der Waals surface area contributed by atoms with Crippen molar-refractivity contribution in [1.29, 1.82) is 0 Å². The lowest BCUT2D eigenvalue weighted by Gasteiger charge is -2.51. The van der Waals surface area contributed by atoms with Crippen LogP contribution < -0.4 is 5.73 Å². The predicted octanol–water partition coefficient (Wildman–Crippen LogP) is -5.48. The number of carboxylic acid groups (broad SMARTS) is 2. The average Bonchev–Trinajstić information content (AvgIpc) is 3.36. The molecule has 31 heteroatoms. The molecule has 0 bridgehead atoms. The maximum atomic E-state index is 13.1. The number of carbonyl (C=O) groups is 5. The highest BCUT2D eigenvalue weighted by Gasteiger charge is 2.60. The summed E-state index contributed by atoms with van der Waals surface area (Å²) in [4.78, 5) is 62.9. The summed E-state index contributed by atoms with van der Waals surface area (Å²) < 4.78 is 109. The zero-order chi connectivity index (χ0) is 54.9. The van der Waals surface area contributed by atoms with Crippen LogP contribution >= 0.6 is 0 Å². The number of rotatable bonds is 23. The molecule has 426 valence electrons. The predicted molar refractivity (Wildman–Crippen MR) is 232 cm³/mol. The first-order valence-corrected chi connectivity index (χ1v) is 23.0. The molecule has 10 unspecified atom stereocenters. The van der Waals surface area contributed by atoms with Crippen LogP contribution in [-0.4, -0.2) is 284 Å². The second kappa shape index (κ2) is 27.7. The third-order valence-corrected chi connectivity index (χ3v) is 12.8. The molecule has 25 atom stereocenters. The van der Waals surface area contributed by atoms with Gasteiger partial charge in [0, 0.05) is 70.5 Å². The van der Waals surface area contributed by atoms with Crippen molar-refractivity contribution in [2.75, 3.05) is 69.6 Å². The molecule has 5 rings (SSSR count). The first-order valence-electron chi connectivity index (χ1n) is 23.0. The Labute approximate surface area is 423 Å². The lowest BCUT2D eigenvalue weighted by molar-refractivity contribution is -0.389. The van der Waals surface area contributed by atoms with Crippen LogP contribution in [0.4, 0.5) is 0 Å². The van der Waals surface area contributed by atoms with Gasteiger partial charge in [-0.05, 0) is 0 Å². The summed E-state index contributed by atoms with van der Waals surface area (Å²) in [6.07, 6.45) is -38.6. The minimum absolute atomic E-state index is 0.338. The van der Waals surface area contributed by atoms with Gasteiger partial charge in [0.05, 0.1) is 12.6 Å². The molecule has 5 fully saturated rings. The van der Waals surface area contributed by atoms with E-state index in [1.165, 1.54) is 42.5 Å². The summed E-state index contributed by atoms with van der Waals surface area (Å²) >= 11 is 0. The normalized spacial score (nSPS) is 42.7. The molecule has 0 amide bonds. The van der Waals surface area contributed by atoms with E-state index in [2.05, 4.69) is 0 Å². The van der Waals surface area contributed by atoms with Crippen LogP contribution in [0.1, 0.15) is 20.8 Å². The van der Waals surface area contributed by atoms with Gasteiger partial charge < -0.3 is 126 Å². The quantitative estimate of drug-likeness (QED) is 0.0371. The van der Waals surface area contributed by atoms with Gasteiger partial charge in [-0.1, -0.05) is 0 Å². The molecule has 0 saturated carbocycles. The maximum absolute atomic E-state index is 13.1. The van der Waals surface area contributed by atoms with Crippen molar-refractivity contribution in [1.82, 2.24) is 0 Å². The van der Waals surface area contributed by atoms with Crippen LogP contribution in [0.2, 0.25) is 0 Å². The second-order valence-corrected chi connectivity index (χ2v) is 17.4. The van der Waals surface area contributed by atoms with Gasteiger partial charge in [-0.3, -0.25) is 14.4 Å². The first-order chi connectivity index (χ1) is 35.1. The van der Waals surface area contributed by atoms with Crippen molar-refractivity contribution in [2.45, 2.75) is 174 Å². The van der Waals surface area contributed by atoms with Crippen LogP contribution in [0, 0.1) is 0 Å². The summed E-state index contributed by atoms with van der Waals surface area (Å²) in [6, 6.07) is -1.16. The summed E-state index contributed by atoms with van der Waals surface area (Å²) in [6.45, 7) is 1.34. The van der Waals surface area contributed by atoms with Gasteiger partial charge in [-0.2, -0.15) is 0 Å². The number of aliphatic hydroxyl groups is 4. The zero-order valence-corrected chi connectivity index (χ0v) is 42.1. The SMILES string of the molecule is COC1C(OC)[C@H](O[C@H]2O[C@@H](COC(C)=O)[C@@H](O[C@@H]3OC(C(=O)O)[C@@H](O[C@@H]4OC(COC(C)=O)[C@@H](OC)[C@H](OC)C4N)[C@H](OC)C3OC)C(OC(C)=O)C2O)[C@H](C(=O)O)O[C@@H]1O[C@@H]1C(CO)O[C@H](OC)C(O)[C@H]1O. The number of aliphatic hydroxyl groups excluding tert-OH is 4. The number of ether oxygens (including phenoxy) is 19. The molecule has 31 nitrogen and oxygen atoms in total. The molecule has 8 N–H and O–H groups in total. The molecule has 5 heterocycles. The number of nitrogens with two attached hydrogens (primary N) is 1. The van der Waals surface area contributed by atoms with Crippen LogP contribution in [0.3, 0.4) is 0 Å². The molecule has 5 saturated heterocycles. The first kappa shape index (κ1) is 61.4. The van der Waals surface area contributed by atoms with Crippen LogP contribution in [-0.2, 0) is 114 Å². The number of carbonyl (C=O) groups excluding carboxylic acids is 3. The lowest BCUT2D eigenvalue weighted by Crippen LogP contribution is -2.69. The van der Waals surface area contributed by atoms with Gasteiger partial charge in [-0.15, -0.1) is 0 Å². The minimum Gasteiger partial charge on any atom is -0.479 e. The van der Waals surface area contributed by atoms with Gasteiger partial charge in [0.25, 0.3) is 0 Å².